The summed E-state index contributed by atoms with van der Waals surface area (Å²) < 4.78 is 6.85. The first-order valence-electron chi connectivity index (χ1n) is 6.45. The molecule has 0 aromatic heterocycles. The van der Waals surface area contributed by atoms with Gasteiger partial charge in [0.15, 0.2) is 6.10 Å². The van der Waals surface area contributed by atoms with Gasteiger partial charge in [0.1, 0.15) is 5.75 Å². The van der Waals surface area contributed by atoms with Gasteiger partial charge in [0.2, 0.25) is 0 Å². The summed E-state index contributed by atoms with van der Waals surface area (Å²) in [7, 11) is 0. The van der Waals surface area contributed by atoms with Gasteiger partial charge in [-0.2, -0.15) is 0 Å². The maximum absolute atomic E-state index is 12.3. The van der Waals surface area contributed by atoms with E-state index in [1.54, 1.807) is 0 Å². The molecule has 1 amide bonds. The molecule has 1 aliphatic heterocycles. The van der Waals surface area contributed by atoms with Gasteiger partial charge in [0.05, 0.1) is 0 Å². The monoisotopic (exact) mass is 379 g/mol. The van der Waals surface area contributed by atoms with Gasteiger partial charge >= 0.3 is 0 Å². The smallest absolute Gasteiger partial charge is 0.265 e. The molecule has 2 aromatic carbocycles. The fourth-order valence-electron chi connectivity index (χ4n) is 2.31. The Labute approximate surface area is 131 Å². The summed E-state index contributed by atoms with van der Waals surface area (Å²) in [5.41, 5.74) is 2.99. The van der Waals surface area contributed by atoms with Crippen molar-refractivity contribution in [2.45, 2.75) is 19.4 Å². The zero-order valence-corrected chi connectivity index (χ0v) is 13.2. The predicted molar refractivity (Wildman–Crippen MR) is 87.1 cm³/mol. The van der Waals surface area contributed by atoms with E-state index in [0.29, 0.717) is 6.42 Å². The molecule has 0 bridgehead atoms. The van der Waals surface area contributed by atoms with Crippen molar-refractivity contribution in [3.05, 3.63) is 57.2 Å². The first kappa shape index (κ1) is 13.4. The van der Waals surface area contributed by atoms with Gasteiger partial charge in [-0.15, -0.1) is 0 Å². The van der Waals surface area contributed by atoms with Gasteiger partial charge < -0.3 is 10.1 Å². The summed E-state index contributed by atoms with van der Waals surface area (Å²) >= 11 is 2.26. The molecule has 3 nitrogen and oxygen atoms in total. The summed E-state index contributed by atoms with van der Waals surface area (Å²) in [6.07, 6.45) is 0.192. The molecule has 4 heteroatoms. The number of hydrogen-bond donors (Lipinski definition) is 1. The zero-order valence-electron chi connectivity index (χ0n) is 11.0. The van der Waals surface area contributed by atoms with Crippen molar-refractivity contribution in [2.75, 3.05) is 5.32 Å². The van der Waals surface area contributed by atoms with E-state index in [1.165, 1.54) is 0 Å². The maximum atomic E-state index is 12.3. The van der Waals surface area contributed by atoms with Crippen molar-refractivity contribution in [3.63, 3.8) is 0 Å². The van der Waals surface area contributed by atoms with Gasteiger partial charge in [-0.25, -0.2) is 0 Å². The second-order valence-electron chi connectivity index (χ2n) is 4.87. The molecule has 1 N–H and O–H groups in total. The number of aryl methyl sites for hydroxylation is 1. The molecule has 1 atom stereocenters. The van der Waals surface area contributed by atoms with Crippen LogP contribution in [0, 0.1) is 10.5 Å². The predicted octanol–water partition coefficient (Wildman–Crippen LogP) is 3.54. The maximum Gasteiger partial charge on any atom is 0.265 e. The molecule has 20 heavy (non-hydrogen) atoms. The molecular weight excluding hydrogens is 365 g/mol. The van der Waals surface area contributed by atoms with Crippen molar-refractivity contribution in [1.29, 1.82) is 0 Å². The topological polar surface area (TPSA) is 38.3 Å². The lowest BCUT2D eigenvalue weighted by Crippen LogP contribution is -2.31. The molecule has 1 aliphatic rings. The Balaban J connectivity index is 1.72. The quantitative estimate of drug-likeness (QED) is 0.811. The van der Waals surface area contributed by atoms with Crippen molar-refractivity contribution in [3.8, 4) is 5.75 Å². The number of rotatable bonds is 2. The normalized spacial score (nSPS) is 16.4. The molecule has 3 rings (SSSR count). The summed E-state index contributed by atoms with van der Waals surface area (Å²) in [6.45, 7) is 1.99. The van der Waals surface area contributed by atoms with Crippen LogP contribution in [0.1, 0.15) is 11.1 Å². The molecule has 0 aliphatic carbocycles. The lowest BCUT2D eigenvalue weighted by molar-refractivity contribution is -0.122. The molecule has 0 saturated carbocycles. The summed E-state index contributed by atoms with van der Waals surface area (Å²) in [5, 5.41) is 2.95. The third-order valence-electron chi connectivity index (χ3n) is 3.39. The van der Waals surface area contributed by atoms with E-state index in [2.05, 4.69) is 27.9 Å². The summed E-state index contributed by atoms with van der Waals surface area (Å²) in [5.74, 6) is 0.720. The van der Waals surface area contributed by atoms with Crippen LogP contribution in [0.15, 0.2) is 42.5 Å². The first-order valence-corrected chi connectivity index (χ1v) is 7.53. The number of para-hydroxylation sites is 1. The van der Waals surface area contributed by atoms with Crippen LogP contribution in [0.2, 0.25) is 0 Å². The van der Waals surface area contributed by atoms with E-state index in [9.17, 15) is 4.79 Å². The first-order chi connectivity index (χ1) is 9.63. The molecular formula is C16H14INO2. The Morgan fingerprint density at radius 2 is 2.10 bits per heavy atom. The van der Waals surface area contributed by atoms with E-state index in [1.807, 2.05) is 49.4 Å². The van der Waals surface area contributed by atoms with Crippen LogP contribution in [0.4, 0.5) is 5.69 Å². The number of amides is 1. The number of hydrogen-bond acceptors (Lipinski definition) is 2. The molecule has 0 spiro atoms. The van der Waals surface area contributed by atoms with Gasteiger partial charge in [0.25, 0.3) is 5.91 Å². The fourth-order valence-corrected chi connectivity index (χ4v) is 2.96. The van der Waals surface area contributed by atoms with Crippen LogP contribution in [0.5, 0.6) is 5.75 Å². The van der Waals surface area contributed by atoms with Gasteiger partial charge in [-0.05, 0) is 64.9 Å². The largest absolute Gasteiger partial charge is 0.480 e. The lowest BCUT2D eigenvalue weighted by atomic mass is 10.1. The number of ether oxygens (including phenoxy) is 1. The Morgan fingerprint density at radius 3 is 2.85 bits per heavy atom. The van der Waals surface area contributed by atoms with Gasteiger partial charge in [0, 0.05) is 15.7 Å². The van der Waals surface area contributed by atoms with Crippen LogP contribution < -0.4 is 10.1 Å². The molecule has 0 fully saturated rings. The second-order valence-corrected chi connectivity index (χ2v) is 6.11. The highest BCUT2D eigenvalue weighted by Crippen LogP contribution is 2.29. The molecule has 1 unspecified atom stereocenters. The lowest BCUT2D eigenvalue weighted by Gasteiger charge is -2.13. The Hall–Kier alpha value is -1.56. The van der Waals surface area contributed by atoms with Crippen LogP contribution in [-0.4, -0.2) is 12.0 Å². The molecule has 2 aromatic rings. The molecule has 102 valence electrons. The number of benzene rings is 2. The average molecular weight is 379 g/mol. The number of carbonyl (C=O) groups is 1. The van der Waals surface area contributed by atoms with Crippen LogP contribution in [0.25, 0.3) is 0 Å². The summed E-state index contributed by atoms with van der Waals surface area (Å²) in [6, 6.07) is 13.7. The van der Waals surface area contributed by atoms with Gasteiger partial charge in [-0.1, -0.05) is 18.2 Å². The molecule has 0 radical (unpaired) electrons. The minimum atomic E-state index is -0.439. The van der Waals surface area contributed by atoms with Gasteiger partial charge in [-0.3, -0.25) is 4.79 Å². The van der Waals surface area contributed by atoms with Crippen LogP contribution >= 0.6 is 22.6 Å². The third kappa shape index (κ3) is 2.65. The molecule has 0 saturated heterocycles. The minimum Gasteiger partial charge on any atom is -0.480 e. The van der Waals surface area contributed by atoms with Crippen molar-refractivity contribution in [1.82, 2.24) is 0 Å². The highest BCUT2D eigenvalue weighted by atomic mass is 127. The number of halogens is 1. The molecule has 1 heterocycles. The van der Waals surface area contributed by atoms with Crippen molar-refractivity contribution < 1.29 is 9.53 Å². The number of anilines is 1. The summed E-state index contributed by atoms with van der Waals surface area (Å²) in [4.78, 5) is 12.3. The van der Waals surface area contributed by atoms with E-state index < -0.39 is 6.10 Å². The van der Waals surface area contributed by atoms with E-state index >= 15 is 0 Å². The fraction of sp³-hybridized carbons (Fsp3) is 0.188. The van der Waals surface area contributed by atoms with E-state index in [0.717, 1.165) is 26.1 Å². The van der Waals surface area contributed by atoms with E-state index in [4.69, 9.17) is 4.74 Å². The average Bonchev–Trinajstić information content (AvgIpc) is 2.86. The number of nitrogens with one attached hydrogen (secondary N) is 1. The Bertz CT molecular complexity index is 644. The minimum absolute atomic E-state index is 0.0921. The van der Waals surface area contributed by atoms with Crippen LogP contribution in [0.3, 0.4) is 0 Å². The zero-order chi connectivity index (χ0) is 14.1. The van der Waals surface area contributed by atoms with E-state index in [-0.39, 0.29) is 5.91 Å². The second kappa shape index (κ2) is 5.44. The Kier molecular flexibility index (Phi) is 3.65. The van der Waals surface area contributed by atoms with Crippen molar-refractivity contribution in [2.24, 2.45) is 0 Å². The van der Waals surface area contributed by atoms with Crippen molar-refractivity contribution >= 4 is 34.2 Å². The standard InChI is InChI=1S/C16H14INO2/c1-10-8-12(17)6-7-13(10)18-16(19)15-9-11-4-2-3-5-14(11)20-15/h2-8,15H,9H2,1H3,(H,18,19). The SMILES string of the molecule is Cc1cc(I)ccc1NC(=O)C1Cc2ccccc2O1. The number of carbonyl (C=O) groups excluding carboxylic acids is 1. The third-order valence-corrected chi connectivity index (χ3v) is 4.06. The Morgan fingerprint density at radius 1 is 1.30 bits per heavy atom. The number of fused-ring (bicyclic) bond motifs is 1. The highest BCUT2D eigenvalue weighted by molar-refractivity contribution is 14.1. The highest BCUT2D eigenvalue weighted by Gasteiger charge is 2.28. The van der Waals surface area contributed by atoms with Crippen LogP contribution in [-0.2, 0) is 11.2 Å².